The van der Waals surface area contributed by atoms with Crippen molar-refractivity contribution in [2.24, 2.45) is 10.2 Å². The molecule has 32 heavy (non-hydrogen) atoms. The highest BCUT2D eigenvalue weighted by atomic mass is 79.9. The van der Waals surface area contributed by atoms with Gasteiger partial charge in [0.25, 0.3) is 5.56 Å². The lowest BCUT2D eigenvalue weighted by molar-refractivity contribution is 0.354. The van der Waals surface area contributed by atoms with Crippen molar-refractivity contribution >= 4 is 27.3 Å². The molecule has 0 spiro atoms. The number of aromatic hydroxyl groups is 1. The first-order valence-electron chi connectivity index (χ1n) is 9.64. The summed E-state index contributed by atoms with van der Waals surface area (Å²) in [7, 11) is 3.09. The van der Waals surface area contributed by atoms with Gasteiger partial charge in [0, 0.05) is 16.6 Å². The number of rotatable bonds is 7. The third-order valence-electron chi connectivity index (χ3n) is 4.95. The van der Waals surface area contributed by atoms with E-state index < -0.39 is 11.4 Å². The van der Waals surface area contributed by atoms with Crippen LogP contribution in [0.15, 0.2) is 62.0 Å². The zero-order valence-electron chi connectivity index (χ0n) is 17.8. The molecule has 2 aromatic carbocycles. The molecule has 0 aliphatic heterocycles. The van der Waals surface area contributed by atoms with Crippen LogP contribution in [0.4, 0.5) is 11.4 Å². The Kier molecular flexibility index (Phi) is 7.28. The lowest BCUT2D eigenvalue weighted by Gasteiger charge is -2.14. The standard InChI is InChI=1S/C23H21BrN4O4/c1-14-16(13-25)22(29)28(11-10-15-8-9-19(31-2)20(12-15)32-3)23(30)21(14)27-26-18-7-5-4-6-17(18)24/h4-9,12,29H,10-11H2,1-3H3. The predicted octanol–water partition coefficient (Wildman–Crippen LogP) is 5.17. The van der Waals surface area contributed by atoms with Crippen molar-refractivity contribution in [3.05, 3.63) is 74.0 Å². The molecular formula is C23H21BrN4O4. The molecule has 1 aromatic heterocycles. The summed E-state index contributed by atoms with van der Waals surface area (Å²) >= 11 is 3.39. The van der Waals surface area contributed by atoms with Gasteiger partial charge in [-0.15, -0.1) is 10.2 Å². The number of aryl methyl sites for hydroxylation is 1. The Morgan fingerprint density at radius 3 is 2.50 bits per heavy atom. The van der Waals surface area contributed by atoms with Gasteiger partial charge in [-0.1, -0.05) is 18.2 Å². The van der Waals surface area contributed by atoms with Gasteiger partial charge in [-0.2, -0.15) is 5.26 Å². The summed E-state index contributed by atoms with van der Waals surface area (Å²) in [6.45, 7) is 1.69. The zero-order chi connectivity index (χ0) is 23.3. The maximum atomic E-state index is 13.1. The van der Waals surface area contributed by atoms with E-state index in [2.05, 4.69) is 26.2 Å². The van der Waals surface area contributed by atoms with E-state index in [-0.39, 0.29) is 23.4 Å². The summed E-state index contributed by atoms with van der Waals surface area (Å²) in [5, 5.41) is 28.4. The van der Waals surface area contributed by atoms with Crippen molar-refractivity contribution in [2.75, 3.05) is 14.2 Å². The first-order valence-corrected chi connectivity index (χ1v) is 10.4. The van der Waals surface area contributed by atoms with E-state index in [1.165, 1.54) is 0 Å². The zero-order valence-corrected chi connectivity index (χ0v) is 19.4. The van der Waals surface area contributed by atoms with E-state index in [1.54, 1.807) is 51.5 Å². The number of ether oxygens (including phenoxy) is 2. The highest BCUT2D eigenvalue weighted by Gasteiger charge is 2.19. The normalized spacial score (nSPS) is 10.8. The number of azo groups is 1. The Hall–Kier alpha value is -3.64. The van der Waals surface area contributed by atoms with Crippen LogP contribution in [-0.2, 0) is 13.0 Å². The van der Waals surface area contributed by atoms with Crippen molar-refractivity contribution in [1.82, 2.24) is 4.57 Å². The summed E-state index contributed by atoms with van der Waals surface area (Å²) in [6, 6.07) is 14.5. The molecule has 1 heterocycles. The second-order valence-corrected chi connectivity index (χ2v) is 7.69. The largest absolute Gasteiger partial charge is 0.493 e. The SMILES string of the molecule is COc1ccc(CCn2c(O)c(C#N)c(C)c(N=Nc3ccccc3Br)c2=O)cc1OC. The molecule has 0 unspecified atom stereocenters. The maximum absolute atomic E-state index is 13.1. The Morgan fingerprint density at radius 1 is 1.12 bits per heavy atom. The number of pyridine rings is 1. The Balaban J connectivity index is 2.00. The van der Waals surface area contributed by atoms with Crippen LogP contribution in [0.3, 0.4) is 0 Å². The average Bonchev–Trinajstić information content (AvgIpc) is 2.80. The van der Waals surface area contributed by atoms with Gasteiger partial charge in [-0.05, 0) is 59.1 Å². The first-order chi connectivity index (χ1) is 15.4. The van der Waals surface area contributed by atoms with Crippen LogP contribution in [0.5, 0.6) is 17.4 Å². The molecular weight excluding hydrogens is 476 g/mol. The van der Waals surface area contributed by atoms with E-state index in [0.717, 1.165) is 14.6 Å². The molecule has 0 saturated carbocycles. The third-order valence-corrected chi connectivity index (χ3v) is 5.62. The van der Waals surface area contributed by atoms with Crippen molar-refractivity contribution in [3.63, 3.8) is 0 Å². The molecule has 0 radical (unpaired) electrons. The fourth-order valence-corrected chi connectivity index (χ4v) is 3.54. The van der Waals surface area contributed by atoms with Crippen LogP contribution < -0.4 is 15.0 Å². The van der Waals surface area contributed by atoms with Crippen LogP contribution in [0.25, 0.3) is 0 Å². The highest BCUT2D eigenvalue weighted by Crippen LogP contribution is 2.30. The fourth-order valence-electron chi connectivity index (χ4n) is 3.18. The summed E-state index contributed by atoms with van der Waals surface area (Å²) in [6.07, 6.45) is 0.405. The molecule has 0 fully saturated rings. The number of hydrogen-bond acceptors (Lipinski definition) is 7. The number of halogens is 1. The van der Waals surface area contributed by atoms with Crippen molar-refractivity contribution in [2.45, 2.75) is 19.9 Å². The number of methoxy groups -OCH3 is 2. The van der Waals surface area contributed by atoms with Crippen molar-refractivity contribution in [3.8, 4) is 23.4 Å². The highest BCUT2D eigenvalue weighted by molar-refractivity contribution is 9.10. The molecule has 0 aliphatic carbocycles. The molecule has 164 valence electrons. The lowest BCUT2D eigenvalue weighted by atomic mass is 10.1. The van der Waals surface area contributed by atoms with Gasteiger partial charge in [-0.3, -0.25) is 9.36 Å². The topological polar surface area (TPSA) is 109 Å². The number of aromatic nitrogens is 1. The fraction of sp³-hybridized carbons (Fsp3) is 0.217. The second kappa shape index (κ2) is 10.1. The minimum atomic E-state index is -0.532. The predicted molar refractivity (Wildman–Crippen MR) is 123 cm³/mol. The summed E-state index contributed by atoms with van der Waals surface area (Å²) < 4.78 is 12.4. The number of nitrogens with zero attached hydrogens (tertiary/aromatic N) is 4. The molecule has 8 nitrogen and oxygen atoms in total. The van der Waals surface area contributed by atoms with Crippen LogP contribution in [0.2, 0.25) is 0 Å². The molecule has 0 saturated heterocycles. The monoisotopic (exact) mass is 496 g/mol. The number of benzene rings is 2. The lowest BCUT2D eigenvalue weighted by Crippen LogP contribution is -2.23. The maximum Gasteiger partial charge on any atom is 0.281 e. The summed E-state index contributed by atoms with van der Waals surface area (Å²) in [5.74, 6) is 0.759. The number of nitriles is 1. The minimum Gasteiger partial charge on any atom is -0.493 e. The quantitative estimate of drug-likeness (QED) is 0.453. The van der Waals surface area contributed by atoms with Gasteiger partial charge in [-0.25, -0.2) is 0 Å². The van der Waals surface area contributed by atoms with E-state index in [4.69, 9.17) is 9.47 Å². The van der Waals surface area contributed by atoms with Crippen molar-refractivity contribution in [1.29, 1.82) is 5.26 Å². The van der Waals surface area contributed by atoms with Gasteiger partial charge in [0.15, 0.2) is 17.2 Å². The molecule has 3 rings (SSSR count). The van der Waals surface area contributed by atoms with E-state index in [9.17, 15) is 15.2 Å². The van der Waals surface area contributed by atoms with Crippen LogP contribution in [0.1, 0.15) is 16.7 Å². The summed E-state index contributed by atoms with van der Waals surface area (Å²) in [5.41, 5.74) is 1.13. The molecule has 0 amide bonds. The molecule has 9 heteroatoms. The van der Waals surface area contributed by atoms with Gasteiger partial charge in [0.1, 0.15) is 11.6 Å². The smallest absolute Gasteiger partial charge is 0.281 e. The Morgan fingerprint density at radius 2 is 1.84 bits per heavy atom. The minimum absolute atomic E-state index is 0.00224. The number of hydrogen-bond donors (Lipinski definition) is 1. The molecule has 3 aromatic rings. The van der Waals surface area contributed by atoms with Crippen molar-refractivity contribution < 1.29 is 14.6 Å². The van der Waals surface area contributed by atoms with E-state index >= 15 is 0 Å². The Bertz CT molecular complexity index is 1280. The second-order valence-electron chi connectivity index (χ2n) is 6.83. The van der Waals surface area contributed by atoms with Gasteiger partial charge >= 0.3 is 0 Å². The molecule has 0 aliphatic rings. The Labute approximate surface area is 193 Å². The third kappa shape index (κ3) is 4.65. The first kappa shape index (κ1) is 23.0. The van der Waals surface area contributed by atoms with Gasteiger partial charge in [0.05, 0.1) is 19.9 Å². The van der Waals surface area contributed by atoms with Crippen LogP contribution in [-0.4, -0.2) is 23.9 Å². The van der Waals surface area contributed by atoms with Gasteiger partial charge in [0.2, 0.25) is 5.88 Å². The average molecular weight is 497 g/mol. The molecule has 0 bridgehead atoms. The molecule has 1 N–H and O–H groups in total. The molecule has 0 atom stereocenters. The summed E-state index contributed by atoms with van der Waals surface area (Å²) in [4.78, 5) is 13.1. The van der Waals surface area contributed by atoms with E-state index in [1.807, 2.05) is 18.2 Å². The van der Waals surface area contributed by atoms with Gasteiger partial charge < -0.3 is 14.6 Å². The van der Waals surface area contributed by atoms with Crippen LogP contribution in [0, 0.1) is 18.3 Å². The van der Waals surface area contributed by atoms with Crippen LogP contribution >= 0.6 is 15.9 Å². The van der Waals surface area contributed by atoms with E-state index in [0.29, 0.717) is 23.6 Å².